The molecule has 0 saturated carbocycles. The topological polar surface area (TPSA) is 81.7 Å². The van der Waals surface area contributed by atoms with Crippen LogP contribution in [0.2, 0.25) is 0 Å². The molecule has 0 aliphatic heterocycles. The largest absolute Gasteiger partial charge is 0.490 e. The Morgan fingerprint density at radius 1 is 1.18 bits per heavy atom. The van der Waals surface area contributed by atoms with Crippen LogP contribution >= 0.6 is 0 Å². The van der Waals surface area contributed by atoms with Gasteiger partial charge in [-0.3, -0.25) is 4.79 Å². The predicted molar refractivity (Wildman–Crippen MR) is 101 cm³/mol. The SMILES string of the molecule is CCOc1cc(/C=C/C(=O)Nc2cccc(S(C)(=O)=O)c2)ccc1OC(F)F. The van der Waals surface area contributed by atoms with Crippen molar-refractivity contribution in [3.63, 3.8) is 0 Å². The molecule has 2 aromatic rings. The van der Waals surface area contributed by atoms with Crippen molar-refractivity contribution in [1.29, 1.82) is 0 Å². The van der Waals surface area contributed by atoms with Crippen LogP contribution < -0.4 is 14.8 Å². The standard InChI is InChI=1S/C19H19F2NO5S/c1-3-26-17-11-13(7-9-16(17)27-19(20)21)8-10-18(23)22-14-5-4-6-15(12-14)28(2,24)25/h4-12,19H,3H2,1-2H3,(H,22,23)/b10-8+. The number of alkyl halides is 2. The Balaban J connectivity index is 2.12. The molecule has 28 heavy (non-hydrogen) atoms. The van der Waals surface area contributed by atoms with Crippen LogP contribution in [-0.4, -0.2) is 33.8 Å². The molecule has 0 bridgehead atoms. The van der Waals surface area contributed by atoms with Crippen molar-refractivity contribution in [3.05, 3.63) is 54.1 Å². The lowest BCUT2D eigenvalue weighted by atomic mass is 10.2. The smallest absolute Gasteiger partial charge is 0.387 e. The zero-order valence-corrected chi connectivity index (χ0v) is 16.0. The van der Waals surface area contributed by atoms with Gasteiger partial charge < -0.3 is 14.8 Å². The first-order valence-electron chi connectivity index (χ1n) is 8.20. The van der Waals surface area contributed by atoms with Gasteiger partial charge in [-0.2, -0.15) is 8.78 Å². The van der Waals surface area contributed by atoms with E-state index in [9.17, 15) is 22.0 Å². The number of ether oxygens (including phenoxy) is 2. The van der Waals surface area contributed by atoms with Gasteiger partial charge in [0.1, 0.15) is 0 Å². The molecule has 0 aromatic heterocycles. The van der Waals surface area contributed by atoms with Gasteiger partial charge >= 0.3 is 6.61 Å². The first kappa shape index (κ1) is 21.4. The van der Waals surface area contributed by atoms with Crippen LogP contribution in [0, 0.1) is 0 Å². The highest BCUT2D eigenvalue weighted by molar-refractivity contribution is 7.90. The van der Waals surface area contributed by atoms with E-state index >= 15 is 0 Å². The van der Waals surface area contributed by atoms with Gasteiger partial charge in [0, 0.05) is 18.0 Å². The summed E-state index contributed by atoms with van der Waals surface area (Å²) in [5.41, 5.74) is 0.860. The number of hydrogen-bond donors (Lipinski definition) is 1. The zero-order valence-electron chi connectivity index (χ0n) is 15.2. The molecule has 1 N–H and O–H groups in total. The van der Waals surface area contributed by atoms with E-state index in [0.717, 1.165) is 6.26 Å². The van der Waals surface area contributed by atoms with E-state index in [4.69, 9.17) is 4.74 Å². The molecule has 0 fully saturated rings. The van der Waals surface area contributed by atoms with Crippen LogP contribution in [0.4, 0.5) is 14.5 Å². The second-order valence-corrected chi connectivity index (χ2v) is 7.66. The molecule has 2 rings (SSSR count). The summed E-state index contributed by atoms with van der Waals surface area (Å²) in [7, 11) is -3.39. The molecule has 0 spiro atoms. The van der Waals surface area contributed by atoms with Crippen molar-refractivity contribution >= 4 is 27.5 Å². The lowest BCUT2D eigenvalue weighted by Gasteiger charge is -2.11. The molecule has 0 aliphatic carbocycles. The molecule has 2 aromatic carbocycles. The average molecular weight is 411 g/mol. The van der Waals surface area contributed by atoms with E-state index in [1.165, 1.54) is 48.6 Å². The summed E-state index contributed by atoms with van der Waals surface area (Å²) in [6.45, 7) is -1.02. The van der Waals surface area contributed by atoms with Crippen molar-refractivity contribution in [1.82, 2.24) is 0 Å². The van der Waals surface area contributed by atoms with Gasteiger partial charge in [-0.25, -0.2) is 8.42 Å². The number of sulfone groups is 1. The van der Waals surface area contributed by atoms with Crippen molar-refractivity contribution in [2.75, 3.05) is 18.2 Å². The van der Waals surface area contributed by atoms with Gasteiger partial charge in [0.25, 0.3) is 0 Å². The molecular weight excluding hydrogens is 392 g/mol. The minimum absolute atomic E-state index is 0.0882. The van der Waals surface area contributed by atoms with Gasteiger partial charge in [-0.1, -0.05) is 12.1 Å². The van der Waals surface area contributed by atoms with Gasteiger partial charge in [0.2, 0.25) is 5.91 Å². The van der Waals surface area contributed by atoms with Crippen molar-refractivity contribution in [2.45, 2.75) is 18.4 Å². The molecule has 0 saturated heterocycles. The van der Waals surface area contributed by atoms with Crippen LogP contribution in [0.25, 0.3) is 6.08 Å². The maximum absolute atomic E-state index is 12.4. The molecule has 6 nitrogen and oxygen atoms in total. The Morgan fingerprint density at radius 3 is 2.57 bits per heavy atom. The number of anilines is 1. The van der Waals surface area contributed by atoms with Crippen LogP contribution in [0.1, 0.15) is 12.5 Å². The Hall–Kier alpha value is -2.94. The summed E-state index contributed by atoms with van der Waals surface area (Å²) in [6.07, 6.45) is 3.77. The summed E-state index contributed by atoms with van der Waals surface area (Å²) >= 11 is 0. The maximum Gasteiger partial charge on any atom is 0.387 e. The van der Waals surface area contributed by atoms with E-state index in [0.29, 0.717) is 11.3 Å². The predicted octanol–water partition coefficient (Wildman–Crippen LogP) is 3.74. The Morgan fingerprint density at radius 2 is 1.93 bits per heavy atom. The second kappa shape index (κ2) is 9.32. The molecule has 9 heteroatoms. The van der Waals surface area contributed by atoms with Gasteiger partial charge in [0.15, 0.2) is 21.3 Å². The number of nitrogens with one attached hydrogen (secondary N) is 1. The fourth-order valence-corrected chi connectivity index (χ4v) is 2.92. The third kappa shape index (κ3) is 6.34. The number of carbonyl (C=O) groups is 1. The third-order valence-corrected chi connectivity index (χ3v) is 4.55. The van der Waals surface area contributed by atoms with Gasteiger partial charge in [0.05, 0.1) is 11.5 Å². The number of halogens is 2. The molecule has 0 unspecified atom stereocenters. The van der Waals surface area contributed by atoms with E-state index in [1.807, 2.05) is 0 Å². The Bertz CT molecular complexity index is 974. The molecule has 0 heterocycles. The maximum atomic E-state index is 12.4. The van der Waals surface area contributed by atoms with Gasteiger partial charge in [-0.05, 0) is 48.9 Å². The highest BCUT2D eigenvalue weighted by Gasteiger charge is 2.11. The summed E-state index contributed by atoms with van der Waals surface area (Å²) < 4.78 is 57.6. The van der Waals surface area contributed by atoms with E-state index in [1.54, 1.807) is 13.0 Å². The van der Waals surface area contributed by atoms with Crippen LogP contribution in [0.15, 0.2) is 53.4 Å². The lowest BCUT2D eigenvalue weighted by Crippen LogP contribution is -2.08. The third-order valence-electron chi connectivity index (χ3n) is 3.44. The van der Waals surface area contributed by atoms with E-state index < -0.39 is 22.4 Å². The summed E-state index contributed by atoms with van der Waals surface area (Å²) in [6, 6.07) is 10.1. The van der Waals surface area contributed by atoms with E-state index in [2.05, 4.69) is 10.1 Å². The van der Waals surface area contributed by atoms with Crippen molar-refractivity contribution in [2.24, 2.45) is 0 Å². The first-order valence-corrected chi connectivity index (χ1v) is 10.1. The quantitative estimate of drug-likeness (QED) is 0.669. The van der Waals surface area contributed by atoms with Crippen LogP contribution in [-0.2, 0) is 14.6 Å². The Kier molecular flexibility index (Phi) is 7.11. The number of amides is 1. The normalized spacial score (nSPS) is 11.6. The molecule has 1 amide bonds. The Labute approximate surface area is 161 Å². The van der Waals surface area contributed by atoms with E-state index in [-0.39, 0.29) is 23.0 Å². The number of hydrogen-bond acceptors (Lipinski definition) is 5. The fourth-order valence-electron chi connectivity index (χ4n) is 2.25. The summed E-state index contributed by atoms with van der Waals surface area (Å²) in [5.74, 6) is -0.459. The van der Waals surface area contributed by atoms with Crippen LogP contribution in [0.5, 0.6) is 11.5 Å². The highest BCUT2D eigenvalue weighted by atomic mass is 32.2. The molecule has 0 aliphatic rings. The number of rotatable bonds is 8. The van der Waals surface area contributed by atoms with Crippen molar-refractivity contribution in [3.8, 4) is 11.5 Å². The highest BCUT2D eigenvalue weighted by Crippen LogP contribution is 2.30. The lowest BCUT2D eigenvalue weighted by molar-refractivity contribution is -0.111. The number of benzene rings is 2. The second-order valence-electron chi connectivity index (χ2n) is 5.64. The summed E-state index contributed by atoms with van der Waals surface area (Å²) in [4.78, 5) is 12.2. The number of carbonyl (C=O) groups excluding carboxylic acids is 1. The zero-order chi connectivity index (χ0) is 20.7. The molecular formula is C19H19F2NO5S. The molecule has 0 radical (unpaired) electrons. The average Bonchev–Trinajstić information content (AvgIpc) is 2.61. The molecule has 0 atom stereocenters. The summed E-state index contributed by atoms with van der Waals surface area (Å²) in [5, 5.41) is 2.56. The fraction of sp³-hybridized carbons (Fsp3) is 0.211. The minimum atomic E-state index is -3.39. The monoisotopic (exact) mass is 411 g/mol. The first-order chi connectivity index (χ1) is 13.2. The van der Waals surface area contributed by atoms with Crippen molar-refractivity contribution < 1.29 is 31.5 Å². The minimum Gasteiger partial charge on any atom is -0.490 e. The van der Waals surface area contributed by atoms with Crippen LogP contribution in [0.3, 0.4) is 0 Å². The van der Waals surface area contributed by atoms with Gasteiger partial charge in [-0.15, -0.1) is 0 Å². The molecule has 150 valence electrons.